The first-order valence-corrected chi connectivity index (χ1v) is 20.6. The monoisotopic (exact) mass is 748 g/mol. The minimum Gasteiger partial charge on any atom is -0.310 e. The van der Waals surface area contributed by atoms with Crippen LogP contribution < -0.4 is 4.90 Å². The summed E-state index contributed by atoms with van der Waals surface area (Å²) in [5.41, 5.74) is 9.52. The maximum atomic E-state index is 2.45. The van der Waals surface area contributed by atoms with Crippen molar-refractivity contribution in [2.24, 2.45) is 0 Å². The Balaban J connectivity index is 1.04. The van der Waals surface area contributed by atoms with E-state index < -0.39 is 0 Å². The normalized spacial score (nSPS) is 11.9. The second kappa shape index (κ2) is 12.4. The molecule has 0 unspecified atom stereocenters. The lowest BCUT2D eigenvalue weighted by molar-refractivity contribution is 1.18. The van der Waals surface area contributed by atoms with Gasteiger partial charge in [0.2, 0.25) is 0 Å². The van der Waals surface area contributed by atoms with Crippen molar-refractivity contribution < 1.29 is 0 Å². The molecule has 12 rings (SSSR count). The van der Waals surface area contributed by atoms with Gasteiger partial charge in [-0.15, -0.1) is 22.7 Å². The second-order valence-electron chi connectivity index (χ2n) is 14.5. The zero-order chi connectivity index (χ0) is 36.7. The van der Waals surface area contributed by atoms with E-state index in [0.717, 1.165) is 17.1 Å². The molecule has 0 saturated carbocycles. The van der Waals surface area contributed by atoms with Crippen molar-refractivity contribution in [3.63, 3.8) is 0 Å². The molecule has 0 saturated heterocycles. The van der Waals surface area contributed by atoms with Crippen molar-refractivity contribution in [2.75, 3.05) is 4.90 Å². The molecule has 0 bridgehead atoms. The zero-order valence-corrected chi connectivity index (χ0v) is 31.8. The van der Waals surface area contributed by atoms with E-state index in [2.05, 4.69) is 204 Å². The molecule has 0 N–H and O–H groups in total. The number of hydrogen-bond acceptors (Lipinski definition) is 3. The molecule has 0 aliphatic carbocycles. The summed E-state index contributed by atoms with van der Waals surface area (Å²) in [6, 6.07) is 71.3. The van der Waals surface area contributed by atoms with E-state index in [0.29, 0.717) is 0 Å². The van der Waals surface area contributed by atoms with Gasteiger partial charge >= 0.3 is 0 Å². The molecule has 9 aromatic carbocycles. The van der Waals surface area contributed by atoms with Crippen LogP contribution in [0, 0.1) is 0 Å². The maximum absolute atomic E-state index is 2.45. The highest BCUT2D eigenvalue weighted by molar-refractivity contribution is 7.26. The Kier molecular flexibility index (Phi) is 7.00. The lowest BCUT2D eigenvalue weighted by Gasteiger charge is -2.25. The van der Waals surface area contributed by atoms with Gasteiger partial charge in [0.1, 0.15) is 0 Å². The van der Waals surface area contributed by atoms with Gasteiger partial charge in [-0.1, -0.05) is 103 Å². The van der Waals surface area contributed by atoms with Gasteiger partial charge in [-0.3, -0.25) is 0 Å². The predicted octanol–water partition coefficient (Wildman–Crippen LogP) is 15.8. The number of rotatable bonds is 5. The van der Waals surface area contributed by atoms with Gasteiger partial charge in [0.25, 0.3) is 0 Å². The number of benzene rings is 9. The summed E-state index contributed by atoms with van der Waals surface area (Å²) >= 11 is 3.76. The molecule has 262 valence electrons. The van der Waals surface area contributed by atoms with Crippen molar-refractivity contribution in [3.8, 4) is 16.8 Å². The van der Waals surface area contributed by atoms with E-state index in [4.69, 9.17) is 0 Å². The Morgan fingerprint density at radius 3 is 1.71 bits per heavy atom. The van der Waals surface area contributed by atoms with Crippen LogP contribution in [0.5, 0.6) is 0 Å². The molecule has 2 nitrogen and oxygen atoms in total. The summed E-state index contributed by atoms with van der Waals surface area (Å²) in [5, 5.41) is 10.4. The van der Waals surface area contributed by atoms with Crippen LogP contribution >= 0.6 is 22.7 Å². The van der Waals surface area contributed by atoms with Crippen LogP contribution in [-0.4, -0.2) is 4.57 Å². The van der Waals surface area contributed by atoms with Gasteiger partial charge < -0.3 is 9.47 Å². The number of thiophene rings is 2. The molecular weight excluding hydrogens is 717 g/mol. The van der Waals surface area contributed by atoms with Gasteiger partial charge in [-0.2, -0.15) is 0 Å². The standard InChI is InChI=1S/C52H32N2S2/c1-4-12-36(13-5-1)53(37-14-6-2-7-15-37)39-23-25-42-41-24-20-34(29-49(41)56-51(42)31-39)33-21-26-46-45(28-33)52-43-32-44-40-18-10-11-19-48(40)55-50(44)30-35(43)22-27-47(52)54(46)38-16-8-3-9-17-38/h1-32H. The third kappa shape index (κ3) is 4.86. The fourth-order valence-corrected chi connectivity index (χ4v) is 11.1. The van der Waals surface area contributed by atoms with E-state index in [1.165, 1.54) is 89.7 Å². The zero-order valence-electron chi connectivity index (χ0n) is 30.2. The van der Waals surface area contributed by atoms with Crippen molar-refractivity contribution in [1.29, 1.82) is 0 Å². The van der Waals surface area contributed by atoms with Crippen molar-refractivity contribution in [2.45, 2.75) is 0 Å². The first-order chi connectivity index (χ1) is 27.7. The quantitative estimate of drug-likeness (QED) is 0.170. The van der Waals surface area contributed by atoms with E-state index in [1.807, 2.05) is 22.7 Å². The lowest BCUT2D eigenvalue weighted by atomic mass is 9.98. The van der Waals surface area contributed by atoms with E-state index in [9.17, 15) is 0 Å². The largest absolute Gasteiger partial charge is 0.310 e. The SMILES string of the molecule is c1ccc(N(c2ccccc2)c2ccc3c(c2)sc2cc(-c4ccc5c(c4)c4c6cc7c(cc6ccc4n5-c4ccccc4)sc4ccccc47)ccc23)cc1. The Labute approximate surface area is 331 Å². The van der Waals surface area contributed by atoms with Gasteiger partial charge in [0.15, 0.2) is 0 Å². The van der Waals surface area contributed by atoms with Crippen LogP contribution in [-0.2, 0) is 0 Å². The summed E-state index contributed by atoms with van der Waals surface area (Å²) in [6.07, 6.45) is 0. The molecule has 0 aliphatic heterocycles. The van der Waals surface area contributed by atoms with Crippen LogP contribution in [0.1, 0.15) is 0 Å². The average molecular weight is 749 g/mol. The highest BCUT2D eigenvalue weighted by atomic mass is 32.1. The minimum atomic E-state index is 1.14. The van der Waals surface area contributed by atoms with Crippen LogP contribution in [0.25, 0.3) is 89.7 Å². The average Bonchev–Trinajstić information content (AvgIpc) is 3.92. The van der Waals surface area contributed by atoms with Gasteiger partial charge in [0.05, 0.1) is 11.0 Å². The molecular formula is C52H32N2S2. The van der Waals surface area contributed by atoms with Crippen molar-refractivity contribution in [3.05, 3.63) is 194 Å². The van der Waals surface area contributed by atoms with Crippen LogP contribution in [0.2, 0.25) is 0 Å². The topological polar surface area (TPSA) is 8.17 Å². The molecule has 0 atom stereocenters. The molecule has 12 aromatic rings. The van der Waals surface area contributed by atoms with E-state index >= 15 is 0 Å². The number of nitrogens with zero attached hydrogens (tertiary/aromatic N) is 2. The summed E-state index contributed by atoms with van der Waals surface area (Å²) in [4.78, 5) is 2.34. The fourth-order valence-electron chi connectivity index (χ4n) is 8.78. The second-order valence-corrected chi connectivity index (χ2v) is 16.7. The third-order valence-corrected chi connectivity index (χ3v) is 13.6. The van der Waals surface area contributed by atoms with Crippen LogP contribution in [0.4, 0.5) is 17.1 Å². The van der Waals surface area contributed by atoms with Gasteiger partial charge in [-0.25, -0.2) is 0 Å². The number of hydrogen-bond donors (Lipinski definition) is 0. The summed E-state index contributed by atoms with van der Waals surface area (Å²) < 4.78 is 7.68. The number of para-hydroxylation sites is 3. The van der Waals surface area contributed by atoms with E-state index in [-0.39, 0.29) is 0 Å². The summed E-state index contributed by atoms with van der Waals surface area (Å²) in [5.74, 6) is 0. The maximum Gasteiger partial charge on any atom is 0.0547 e. The first kappa shape index (κ1) is 31.6. The van der Waals surface area contributed by atoms with Crippen molar-refractivity contribution >= 4 is 113 Å². The highest BCUT2D eigenvalue weighted by Gasteiger charge is 2.19. The first-order valence-electron chi connectivity index (χ1n) is 19.0. The molecule has 0 fully saturated rings. The predicted molar refractivity (Wildman–Crippen MR) is 244 cm³/mol. The lowest BCUT2D eigenvalue weighted by Crippen LogP contribution is -2.09. The summed E-state index contributed by atoms with van der Waals surface area (Å²) in [7, 11) is 0. The molecule has 3 heterocycles. The molecule has 4 heteroatoms. The number of anilines is 3. The molecule has 0 amide bonds. The number of aromatic nitrogens is 1. The smallest absolute Gasteiger partial charge is 0.0547 e. The minimum absolute atomic E-state index is 1.14. The Bertz CT molecular complexity index is 3430. The Morgan fingerprint density at radius 1 is 0.339 bits per heavy atom. The molecule has 3 aromatic heterocycles. The van der Waals surface area contributed by atoms with Gasteiger partial charge in [-0.05, 0) is 113 Å². The summed E-state index contributed by atoms with van der Waals surface area (Å²) in [6.45, 7) is 0. The highest BCUT2D eigenvalue weighted by Crippen LogP contribution is 2.45. The van der Waals surface area contributed by atoms with E-state index in [1.54, 1.807) is 0 Å². The number of fused-ring (bicyclic) bond motifs is 11. The Hall–Kier alpha value is -6.72. The fraction of sp³-hybridized carbons (Fsp3) is 0. The van der Waals surface area contributed by atoms with Crippen LogP contribution in [0.3, 0.4) is 0 Å². The van der Waals surface area contributed by atoms with Crippen molar-refractivity contribution in [1.82, 2.24) is 4.57 Å². The van der Waals surface area contributed by atoms with Crippen LogP contribution in [0.15, 0.2) is 194 Å². The van der Waals surface area contributed by atoms with Gasteiger partial charge in [0, 0.05) is 73.9 Å². The molecule has 56 heavy (non-hydrogen) atoms. The molecule has 0 spiro atoms. The third-order valence-electron chi connectivity index (χ3n) is 11.3. The molecule has 0 aliphatic rings. The molecule has 0 radical (unpaired) electrons. The Morgan fingerprint density at radius 2 is 0.929 bits per heavy atom.